The van der Waals surface area contributed by atoms with Gasteiger partial charge in [-0.25, -0.2) is 0 Å². The molecule has 2 rings (SSSR count). The molecule has 0 atom stereocenters. The monoisotopic (exact) mass is 260 g/mol. The fraction of sp³-hybridized carbons (Fsp3) is 0.200. The van der Waals surface area contributed by atoms with Gasteiger partial charge in [-0.1, -0.05) is 25.1 Å². The predicted molar refractivity (Wildman–Crippen MR) is 76.5 cm³/mol. The Labute approximate surface area is 112 Å². The zero-order chi connectivity index (χ0) is 13.0. The smallest absolute Gasteiger partial charge is 0.161 e. The summed E-state index contributed by atoms with van der Waals surface area (Å²) in [4.78, 5) is 1.27. The Bertz CT molecular complexity index is 521. The largest absolute Gasteiger partial charge is 0.504 e. The fourth-order valence-electron chi connectivity index (χ4n) is 1.77. The van der Waals surface area contributed by atoms with E-state index in [2.05, 4.69) is 31.2 Å². The van der Waals surface area contributed by atoms with Gasteiger partial charge in [0.25, 0.3) is 0 Å². The number of ether oxygens (including phenoxy) is 1. The van der Waals surface area contributed by atoms with Crippen LogP contribution in [0, 0.1) is 0 Å². The van der Waals surface area contributed by atoms with E-state index < -0.39 is 0 Å². The number of phenolic OH excluding ortho intramolecular Hbond substituents is 1. The predicted octanol–water partition coefficient (Wildman–Crippen LogP) is 4.18. The Hall–Kier alpha value is -1.61. The average molecular weight is 260 g/mol. The lowest BCUT2D eigenvalue weighted by Gasteiger charge is -2.07. The van der Waals surface area contributed by atoms with E-state index in [0.717, 1.165) is 16.9 Å². The number of benzene rings is 2. The molecule has 2 nitrogen and oxygen atoms in total. The van der Waals surface area contributed by atoms with Crippen LogP contribution in [0.25, 0.3) is 11.1 Å². The number of rotatable bonds is 4. The minimum Gasteiger partial charge on any atom is -0.504 e. The van der Waals surface area contributed by atoms with Crippen molar-refractivity contribution in [3.8, 4) is 22.6 Å². The van der Waals surface area contributed by atoms with Gasteiger partial charge >= 0.3 is 0 Å². The average Bonchev–Trinajstić information content (AvgIpc) is 2.41. The van der Waals surface area contributed by atoms with Crippen LogP contribution >= 0.6 is 11.8 Å². The van der Waals surface area contributed by atoms with Crippen LogP contribution in [0.1, 0.15) is 6.92 Å². The summed E-state index contributed by atoms with van der Waals surface area (Å²) in [5, 5.41) is 9.57. The molecule has 2 aromatic rings. The lowest BCUT2D eigenvalue weighted by atomic mass is 10.1. The van der Waals surface area contributed by atoms with Crippen molar-refractivity contribution in [3.63, 3.8) is 0 Å². The Morgan fingerprint density at radius 1 is 1.06 bits per heavy atom. The molecule has 0 heterocycles. The molecule has 0 amide bonds. The number of phenols is 1. The van der Waals surface area contributed by atoms with Crippen LogP contribution in [0.5, 0.6) is 11.5 Å². The van der Waals surface area contributed by atoms with Gasteiger partial charge in [0.15, 0.2) is 11.5 Å². The van der Waals surface area contributed by atoms with Crippen molar-refractivity contribution in [3.05, 3.63) is 42.5 Å². The number of methoxy groups -OCH3 is 1. The van der Waals surface area contributed by atoms with E-state index in [4.69, 9.17) is 4.74 Å². The SMILES string of the molecule is CCSc1ccc(-c2ccc(O)c(OC)c2)cc1. The molecule has 1 N–H and O–H groups in total. The lowest BCUT2D eigenvalue weighted by Crippen LogP contribution is -1.85. The molecule has 3 heteroatoms. The second kappa shape index (κ2) is 5.83. The van der Waals surface area contributed by atoms with Gasteiger partial charge in [-0.05, 0) is 41.1 Å². The second-order valence-corrected chi connectivity index (χ2v) is 5.18. The van der Waals surface area contributed by atoms with Crippen molar-refractivity contribution in [1.29, 1.82) is 0 Å². The number of hydrogen-bond acceptors (Lipinski definition) is 3. The van der Waals surface area contributed by atoms with Crippen molar-refractivity contribution in [1.82, 2.24) is 0 Å². The second-order valence-electron chi connectivity index (χ2n) is 3.84. The van der Waals surface area contributed by atoms with Gasteiger partial charge in [0.1, 0.15) is 0 Å². The molecule has 0 bridgehead atoms. The molecular weight excluding hydrogens is 244 g/mol. The molecule has 94 valence electrons. The highest BCUT2D eigenvalue weighted by Crippen LogP contribution is 2.32. The Kier molecular flexibility index (Phi) is 4.15. The maximum atomic E-state index is 9.57. The molecule has 0 saturated carbocycles. The highest BCUT2D eigenvalue weighted by molar-refractivity contribution is 7.99. The van der Waals surface area contributed by atoms with Crippen molar-refractivity contribution < 1.29 is 9.84 Å². The molecule has 0 fully saturated rings. The van der Waals surface area contributed by atoms with E-state index in [1.807, 2.05) is 23.9 Å². The summed E-state index contributed by atoms with van der Waals surface area (Å²) in [6.45, 7) is 2.14. The first kappa shape index (κ1) is 12.8. The third-order valence-corrected chi connectivity index (χ3v) is 3.57. The van der Waals surface area contributed by atoms with Gasteiger partial charge in [0.2, 0.25) is 0 Å². The Morgan fingerprint density at radius 3 is 2.33 bits per heavy atom. The van der Waals surface area contributed by atoms with E-state index in [-0.39, 0.29) is 5.75 Å². The summed E-state index contributed by atoms with van der Waals surface area (Å²) >= 11 is 1.82. The van der Waals surface area contributed by atoms with E-state index >= 15 is 0 Å². The van der Waals surface area contributed by atoms with Gasteiger partial charge < -0.3 is 9.84 Å². The highest BCUT2D eigenvalue weighted by atomic mass is 32.2. The zero-order valence-corrected chi connectivity index (χ0v) is 11.3. The number of hydrogen-bond donors (Lipinski definition) is 1. The summed E-state index contributed by atoms with van der Waals surface area (Å²) in [5.74, 6) is 1.74. The van der Waals surface area contributed by atoms with E-state index in [9.17, 15) is 5.11 Å². The molecule has 0 aromatic heterocycles. The molecule has 0 spiro atoms. The standard InChI is InChI=1S/C15H16O2S/c1-3-18-13-7-4-11(5-8-13)12-6-9-14(16)15(10-12)17-2/h4-10,16H,3H2,1-2H3. The number of thioether (sulfide) groups is 1. The third-order valence-electron chi connectivity index (χ3n) is 2.68. The number of aromatic hydroxyl groups is 1. The molecule has 0 unspecified atom stereocenters. The van der Waals surface area contributed by atoms with Gasteiger partial charge in [0, 0.05) is 4.90 Å². The van der Waals surface area contributed by atoms with E-state index in [1.165, 1.54) is 4.90 Å². The third kappa shape index (κ3) is 2.79. The molecule has 0 aliphatic heterocycles. The van der Waals surface area contributed by atoms with Crippen LogP contribution in [0.4, 0.5) is 0 Å². The van der Waals surface area contributed by atoms with Crippen LogP contribution in [0.3, 0.4) is 0 Å². The van der Waals surface area contributed by atoms with Crippen molar-refractivity contribution in [2.75, 3.05) is 12.9 Å². The van der Waals surface area contributed by atoms with E-state index in [0.29, 0.717) is 5.75 Å². The van der Waals surface area contributed by atoms with Gasteiger partial charge in [-0.15, -0.1) is 11.8 Å². The minimum absolute atomic E-state index is 0.166. The zero-order valence-electron chi connectivity index (χ0n) is 10.5. The molecular formula is C15H16O2S. The first-order chi connectivity index (χ1) is 8.74. The van der Waals surface area contributed by atoms with Gasteiger partial charge in [-0.3, -0.25) is 0 Å². The molecule has 0 saturated heterocycles. The summed E-state index contributed by atoms with van der Waals surface area (Å²) in [6, 6.07) is 13.8. The fourth-order valence-corrected chi connectivity index (χ4v) is 2.43. The van der Waals surface area contributed by atoms with Crippen LogP contribution in [-0.2, 0) is 0 Å². The maximum Gasteiger partial charge on any atom is 0.161 e. The Balaban J connectivity index is 2.30. The maximum absolute atomic E-state index is 9.57. The van der Waals surface area contributed by atoms with Gasteiger partial charge in [-0.2, -0.15) is 0 Å². The summed E-state index contributed by atoms with van der Waals surface area (Å²) in [7, 11) is 1.56. The van der Waals surface area contributed by atoms with Crippen molar-refractivity contribution >= 4 is 11.8 Å². The van der Waals surface area contributed by atoms with Crippen LogP contribution in [0.2, 0.25) is 0 Å². The van der Waals surface area contributed by atoms with Crippen LogP contribution < -0.4 is 4.74 Å². The first-order valence-electron chi connectivity index (χ1n) is 5.85. The van der Waals surface area contributed by atoms with E-state index in [1.54, 1.807) is 13.2 Å². The van der Waals surface area contributed by atoms with Crippen LogP contribution in [0.15, 0.2) is 47.4 Å². The van der Waals surface area contributed by atoms with Crippen LogP contribution in [-0.4, -0.2) is 18.0 Å². The Morgan fingerprint density at radius 2 is 1.72 bits per heavy atom. The lowest BCUT2D eigenvalue weighted by molar-refractivity contribution is 0.373. The molecule has 2 aromatic carbocycles. The molecule has 0 radical (unpaired) electrons. The van der Waals surface area contributed by atoms with Gasteiger partial charge in [0.05, 0.1) is 7.11 Å². The normalized spacial score (nSPS) is 10.3. The first-order valence-corrected chi connectivity index (χ1v) is 6.83. The molecule has 18 heavy (non-hydrogen) atoms. The topological polar surface area (TPSA) is 29.5 Å². The van der Waals surface area contributed by atoms with Crippen molar-refractivity contribution in [2.24, 2.45) is 0 Å². The molecule has 0 aliphatic carbocycles. The summed E-state index contributed by atoms with van der Waals surface area (Å²) in [5.41, 5.74) is 2.16. The summed E-state index contributed by atoms with van der Waals surface area (Å²) in [6.07, 6.45) is 0. The quantitative estimate of drug-likeness (QED) is 0.836. The van der Waals surface area contributed by atoms with Crippen molar-refractivity contribution in [2.45, 2.75) is 11.8 Å². The molecule has 0 aliphatic rings. The summed E-state index contributed by atoms with van der Waals surface area (Å²) < 4.78 is 5.12. The minimum atomic E-state index is 0.166. The highest BCUT2D eigenvalue weighted by Gasteiger charge is 2.04.